The Bertz CT molecular complexity index is 286. The van der Waals surface area contributed by atoms with E-state index in [0.29, 0.717) is 18.3 Å². The quantitative estimate of drug-likeness (QED) is 0.689. The molecule has 0 saturated carbocycles. The van der Waals surface area contributed by atoms with Crippen LogP contribution in [0.2, 0.25) is 0 Å². The maximum atomic E-state index is 11.7. The number of esters is 1. The van der Waals surface area contributed by atoms with Crippen LogP contribution in [0, 0.1) is 11.8 Å². The van der Waals surface area contributed by atoms with E-state index in [4.69, 9.17) is 5.11 Å². The molecule has 132 valence electrons. The zero-order valence-electron chi connectivity index (χ0n) is 14.9. The van der Waals surface area contributed by atoms with Gasteiger partial charge in [0.05, 0.1) is 6.61 Å². The number of carbonyl (C=O) groups is 2. The number of hydrogen-bond acceptors (Lipinski definition) is 5. The summed E-state index contributed by atoms with van der Waals surface area (Å²) in [5.74, 6) is 1.70. The molecule has 0 aliphatic carbocycles. The van der Waals surface area contributed by atoms with Gasteiger partial charge in [0.1, 0.15) is 6.61 Å². The van der Waals surface area contributed by atoms with Crippen LogP contribution in [0.1, 0.15) is 48.0 Å². The van der Waals surface area contributed by atoms with Gasteiger partial charge in [-0.25, -0.2) is 0 Å². The van der Waals surface area contributed by atoms with E-state index in [1.54, 1.807) is 6.92 Å². The van der Waals surface area contributed by atoms with Crippen LogP contribution in [-0.4, -0.2) is 53.3 Å². The molecule has 0 heterocycles. The fraction of sp³-hybridized carbons (Fsp3) is 0.875. The van der Waals surface area contributed by atoms with E-state index in [9.17, 15) is 9.59 Å². The second kappa shape index (κ2) is 15.2. The third kappa shape index (κ3) is 15.6. The molecule has 0 rings (SSSR count). The molecule has 1 amide bonds. The van der Waals surface area contributed by atoms with Gasteiger partial charge in [-0.3, -0.25) is 9.59 Å². The Morgan fingerprint density at radius 3 is 1.91 bits per heavy atom. The lowest BCUT2D eigenvalue weighted by molar-refractivity contribution is -0.144. The van der Waals surface area contributed by atoms with Gasteiger partial charge < -0.3 is 14.7 Å². The van der Waals surface area contributed by atoms with E-state index >= 15 is 0 Å². The molecule has 0 fully saturated rings. The molecule has 5 nitrogen and oxygen atoms in total. The summed E-state index contributed by atoms with van der Waals surface area (Å²) >= 11 is 1.41. The van der Waals surface area contributed by atoms with Crippen molar-refractivity contribution in [1.82, 2.24) is 4.90 Å². The minimum atomic E-state index is -0.265. The molecular formula is C16H33NO4S. The van der Waals surface area contributed by atoms with Gasteiger partial charge in [0.2, 0.25) is 0 Å². The largest absolute Gasteiger partial charge is 0.463 e. The fourth-order valence-electron chi connectivity index (χ4n) is 1.58. The number of carbonyl (C=O) groups excluding carboxylic acids is 2. The van der Waals surface area contributed by atoms with Crippen molar-refractivity contribution < 1.29 is 19.4 Å². The van der Waals surface area contributed by atoms with Gasteiger partial charge in [0.25, 0.3) is 5.24 Å². The van der Waals surface area contributed by atoms with Gasteiger partial charge >= 0.3 is 5.97 Å². The first-order chi connectivity index (χ1) is 10.3. The Labute approximate surface area is 139 Å². The molecule has 0 saturated heterocycles. The second-order valence-corrected chi connectivity index (χ2v) is 6.90. The van der Waals surface area contributed by atoms with E-state index < -0.39 is 0 Å². The van der Waals surface area contributed by atoms with Crippen molar-refractivity contribution in [2.45, 2.75) is 48.0 Å². The van der Waals surface area contributed by atoms with Gasteiger partial charge in [-0.2, -0.15) is 0 Å². The minimum absolute atomic E-state index is 0.0915. The zero-order chi connectivity index (χ0) is 17.5. The number of aliphatic hydroxyl groups excluding tert-OH is 1. The van der Waals surface area contributed by atoms with Crippen LogP contribution in [0.3, 0.4) is 0 Å². The molecule has 0 bridgehead atoms. The lowest BCUT2D eigenvalue weighted by atomic mass is 10.1. The van der Waals surface area contributed by atoms with Crippen LogP contribution < -0.4 is 0 Å². The summed E-state index contributed by atoms with van der Waals surface area (Å²) in [6.07, 6.45) is 0.375. The predicted octanol–water partition coefficient (Wildman–Crippen LogP) is 3.41. The highest BCUT2D eigenvalue weighted by Crippen LogP contribution is 2.12. The summed E-state index contributed by atoms with van der Waals surface area (Å²) in [5.41, 5.74) is 0. The minimum Gasteiger partial charge on any atom is -0.463 e. The number of aliphatic hydroxyl groups is 1. The monoisotopic (exact) mass is 335 g/mol. The maximum absolute atomic E-state index is 11.7. The van der Waals surface area contributed by atoms with Crippen LogP contribution >= 0.6 is 11.8 Å². The summed E-state index contributed by atoms with van der Waals surface area (Å²) < 4.78 is 4.45. The van der Waals surface area contributed by atoms with Crippen LogP contribution in [0.15, 0.2) is 0 Å². The van der Waals surface area contributed by atoms with Crippen molar-refractivity contribution in [2.75, 3.05) is 32.1 Å². The van der Waals surface area contributed by atoms with E-state index in [2.05, 4.69) is 32.4 Å². The number of ether oxygens (including phenoxy) is 1. The highest BCUT2D eigenvalue weighted by Gasteiger charge is 2.15. The third-order valence-corrected chi connectivity index (χ3v) is 3.13. The van der Waals surface area contributed by atoms with Crippen molar-refractivity contribution in [2.24, 2.45) is 11.8 Å². The second-order valence-electron chi connectivity index (χ2n) is 5.69. The molecule has 22 heavy (non-hydrogen) atoms. The van der Waals surface area contributed by atoms with Crippen molar-refractivity contribution in [3.63, 3.8) is 0 Å². The molecule has 0 aliphatic rings. The number of thioether (sulfide) groups is 1. The summed E-state index contributed by atoms with van der Waals surface area (Å²) in [4.78, 5) is 23.9. The third-order valence-electron chi connectivity index (χ3n) is 2.34. The molecule has 0 aliphatic heterocycles. The van der Waals surface area contributed by atoms with E-state index in [0.717, 1.165) is 18.8 Å². The van der Waals surface area contributed by atoms with Gasteiger partial charge in [-0.05, 0) is 17.6 Å². The van der Waals surface area contributed by atoms with Gasteiger partial charge in [-0.15, -0.1) is 0 Å². The zero-order valence-corrected chi connectivity index (χ0v) is 15.7. The van der Waals surface area contributed by atoms with Gasteiger partial charge in [0.15, 0.2) is 0 Å². The smallest absolute Gasteiger partial charge is 0.305 e. The summed E-state index contributed by atoms with van der Waals surface area (Å²) in [5, 5.41) is 8.36. The van der Waals surface area contributed by atoms with Crippen LogP contribution in [0.4, 0.5) is 4.79 Å². The Balaban J connectivity index is 0. The summed E-state index contributed by atoms with van der Waals surface area (Å²) in [6.45, 7) is 14.1. The average molecular weight is 336 g/mol. The first-order valence-electron chi connectivity index (χ1n) is 7.96. The summed E-state index contributed by atoms with van der Waals surface area (Å²) in [6, 6.07) is 0. The molecule has 0 radical (unpaired) electrons. The molecule has 0 aromatic heterocycles. The molecule has 0 aromatic rings. The molecule has 1 N–H and O–H groups in total. The van der Waals surface area contributed by atoms with Crippen LogP contribution in [-0.2, 0) is 9.53 Å². The lowest BCUT2D eigenvalue weighted by Crippen LogP contribution is -2.34. The highest BCUT2D eigenvalue weighted by molar-refractivity contribution is 8.13. The first kappa shape index (κ1) is 23.5. The number of hydrogen-bond donors (Lipinski definition) is 1. The molecule has 0 unspecified atom stereocenters. The molecule has 0 spiro atoms. The van der Waals surface area contributed by atoms with E-state index in [1.807, 2.05) is 11.8 Å². The molecule has 0 atom stereocenters. The average Bonchev–Trinajstić information content (AvgIpc) is 2.44. The normalized spacial score (nSPS) is 10.2. The van der Waals surface area contributed by atoms with Crippen LogP contribution in [0.5, 0.6) is 0 Å². The van der Waals surface area contributed by atoms with Crippen molar-refractivity contribution in [1.29, 1.82) is 0 Å². The fourth-order valence-corrected chi connectivity index (χ4v) is 2.16. The van der Waals surface area contributed by atoms with Crippen LogP contribution in [0.25, 0.3) is 0 Å². The predicted molar refractivity (Wildman–Crippen MR) is 93.1 cm³/mol. The van der Waals surface area contributed by atoms with E-state index in [1.165, 1.54) is 11.8 Å². The summed E-state index contributed by atoms with van der Waals surface area (Å²) in [7, 11) is 0. The van der Waals surface area contributed by atoms with E-state index in [-0.39, 0.29) is 24.4 Å². The number of rotatable bonds is 8. The molecule has 6 heteroatoms. The lowest BCUT2D eigenvalue weighted by Gasteiger charge is -2.25. The Kier molecular flexibility index (Phi) is 16.2. The number of amides is 1. The van der Waals surface area contributed by atoms with Crippen molar-refractivity contribution >= 4 is 23.0 Å². The number of nitrogens with zero attached hydrogens (tertiary/aromatic N) is 1. The SMILES string of the molecule is CCC(=O)OCCO.CCSC(=O)N(CC(C)C)CC(C)C. The molecular weight excluding hydrogens is 302 g/mol. The van der Waals surface area contributed by atoms with Crippen molar-refractivity contribution in [3.05, 3.63) is 0 Å². The maximum Gasteiger partial charge on any atom is 0.305 e. The topological polar surface area (TPSA) is 66.8 Å². The highest BCUT2D eigenvalue weighted by atomic mass is 32.2. The van der Waals surface area contributed by atoms with Gasteiger partial charge in [-0.1, -0.05) is 53.3 Å². The molecule has 0 aromatic carbocycles. The Hall–Kier alpha value is -0.750. The van der Waals surface area contributed by atoms with Gasteiger partial charge in [0, 0.05) is 19.5 Å². The van der Waals surface area contributed by atoms with Crippen molar-refractivity contribution in [3.8, 4) is 0 Å². The first-order valence-corrected chi connectivity index (χ1v) is 8.95. The Morgan fingerprint density at radius 2 is 1.59 bits per heavy atom. The standard InChI is InChI=1S/C11H23NOS.C5H10O3/c1-6-14-11(13)12(7-9(2)3)8-10(4)5;1-2-5(7)8-4-3-6/h9-10H,6-8H2,1-5H3;6H,2-4H2,1H3. The Morgan fingerprint density at radius 1 is 1.09 bits per heavy atom.